The highest BCUT2D eigenvalue weighted by Gasteiger charge is 2.24. The quantitative estimate of drug-likeness (QED) is 0.683. The Labute approximate surface area is 182 Å². The summed E-state index contributed by atoms with van der Waals surface area (Å²) in [6.45, 7) is 8.74. The molecule has 2 aromatic rings. The second-order valence-corrected chi connectivity index (χ2v) is 9.08. The van der Waals surface area contributed by atoms with Crippen molar-refractivity contribution in [2.24, 2.45) is 0 Å². The number of rotatable bonds is 5. The Hall–Kier alpha value is -2.09. The van der Waals surface area contributed by atoms with Crippen LogP contribution in [0.15, 0.2) is 47.6 Å². The van der Waals surface area contributed by atoms with Gasteiger partial charge < -0.3 is 14.4 Å². The van der Waals surface area contributed by atoms with Gasteiger partial charge in [0.05, 0.1) is 24.5 Å². The molecular weight excluding hydrogens is 398 g/mol. The molecule has 1 amide bonds. The fourth-order valence-corrected chi connectivity index (χ4v) is 4.89. The van der Waals surface area contributed by atoms with Crippen LogP contribution in [0.4, 0.5) is 0 Å². The lowest BCUT2D eigenvalue weighted by atomic mass is 10.1. The summed E-state index contributed by atoms with van der Waals surface area (Å²) in [5.41, 5.74) is 2.33. The number of morpholine rings is 1. The third-order valence-corrected chi connectivity index (χ3v) is 6.37. The minimum absolute atomic E-state index is 0.134. The summed E-state index contributed by atoms with van der Waals surface area (Å²) in [6, 6.07) is 10.2. The second kappa shape index (κ2) is 9.81. The molecule has 0 unspecified atom stereocenters. The first kappa shape index (κ1) is 21.2. The van der Waals surface area contributed by atoms with E-state index < -0.39 is 0 Å². The molecule has 6 nitrogen and oxygen atoms in total. The molecule has 1 fully saturated rings. The number of nitrogens with zero attached hydrogens (tertiary/aromatic N) is 3. The zero-order valence-electron chi connectivity index (χ0n) is 17.6. The first-order valence-electron chi connectivity index (χ1n) is 10.5. The number of ether oxygens (including phenoxy) is 2. The zero-order chi connectivity index (χ0) is 20.9. The molecule has 1 aromatic carbocycles. The van der Waals surface area contributed by atoms with Gasteiger partial charge in [0.1, 0.15) is 12.4 Å². The topological polar surface area (TPSA) is 54.9 Å². The summed E-state index contributed by atoms with van der Waals surface area (Å²) in [5, 5.41) is 0. The molecule has 2 aliphatic rings. The molecular formula is C23H29N3O3S. The molecule has 4 rings (SSSR count). The van der Waals surface area contributed by atoms with Crippen LogP contribution in [0.1, 0.15) is 25.0 Å². The molecule has 0 saturated carbocycles. The van der Waals surface area contributed by atoms with E-state index in [1.165, 1.54) is 5.56 Å². The number of pyridine rings is 1. The highest BCUT2D eigenvalue weighted by Crippen LogP contribution is 2.26. The van der Waals surface area contributed by atoms with Gasteiger partial charge in [0.25, 0.3) is 0 Å². The molecule has 0 aliphatic carbocycles. The minimum Gasteiger partial charge on any atom is -0.491 e. The summed E-state index contributed by atoms with van der Waals surface area (Å²) < 4.78 is 11.8. The number of carbonyl (C=O) groups excluding carboxylic acids is 1. The van der Waals surface area contributed by atoms with E-state index in [-0.39, 0.29) is 18.1 Å². The Morgan fingerprint density at radius 3 is 2.70 bits per heavy atom. The maximum Gasteiger partial charge on any atom is 0.233 e. The number of fused-ring (bicyclic) bond motifs is 1. The summed E-state index contributed by atoms with van der Waals surface area (Å²) in [7, 11) is 0. The van der Waals surface area contributed by atoms with Crippen LogP contribution in [-0.4, -0.2) is 64.9 Å². The number of amides is 1. The zero-order valence-corrected chi connectivity index (χ0v) is 18.4. The number of carbonyl (C=O) groups is 1. The number of aromatic nitrogens is 1. The van der Waals surface area contributed by atoms with Crippen molar-refractivity contribution >= 4 is 17.7 Å². The van der Waals surface area contributed by atoms with Gasteiger partial charge in [-0.1, -0.05) is 6.07 Å². The standard InChI is InChI=1S/C23H29N3O3S/c1-17-12-25(13-18(2)29-17)14-19-3-4-22-20(11-19)15-26(9-10-28-22)23(27)16-30-21-5-7-24-8-6-21/h3-8,11,17-18H,9-10,12-16H2,1-2H3/t17-,18+. The molecule has 1 aromatic heterocycles. The van der Waals surface area contributed by atoms with Crippen molar-refractivity contribution < 1.29 is 14.3 Å². The van der Waals surface area contributed by atoms with Gasteiger partial charge in [0.15, 0.2) is 0 Å². The fraction of sp³-hybridized carbons (Fsp3) is 0.478. The van der Waals surface area contributed by atoms with Crippen molar-refractivity contribution in [3.05, 3.63) is 53.9 Å². The lowest BCUT2D eigenvalue weighted by molar-refractivity contribution is -0.129. The van der Waals surface area contributed by atoms with E-state index in [4.69, 9.17) is 9.47 Å². The lowest BCUT2D eigenvalue weighted by Gasteiger charge is -2.35. The molecule has 0 N–H and O–H groups in total. The average Bonchev–Trinajstić information content (AvgIpc) is 2.94. The van der Waals surface area contributed by atoms with Crippen molar-refractivity contribution in [1.82, 2.24) is 14.8 Å². The molecule has 160 valence electrons. The minimum atomic E-state index is 0.134. The molecule has 2 aliphatic heterocycles. The van der Waals surface area contributed by atoms with E-state index in [1.54, 1.807) is 24.2 Å². The van der Waals surface area contributed by atoms with Crippen LogP contribution in [-0.2, 0) is 22.6 Å². The van der Waals surface area contributed by atoms with Gasteiger partial charge >= 0.3 is 0 Å². The predicted octanol–water partition coefficient (Wildman–Crippen LogP) is 3.20. The Morgan fingerprint density at radius 2 is 1.93 bits per heavy atom. The Bertz CT molecular complexity index is 854. The van der Waals surface area contributed by atoms with E-state index in [9.17, 15) is 4.79 Å². The summed E-state index contributed by atoms with van der Waals surface area (Å²) >= 11 is 1.55. The maximum absolute atomic E-state index is 12.8. The molecule has 1 saturated heterocycles. The van der Waals surface area contributed by atoms with Crippen LogP contribution in [0.3, 0.4) is 0 Å². The second-order valence-electron chi connectivity index (χ2n) is 8.03. The number of thioether (sulfide) groups is 1. The lowest BCUT2D eigenvalue weighted by Crippen LogP contribution is -2.44. The normalized spacial score (nSPS) is 22.1. The molecule has 7 heteroatoms. The van der Waals surface area contributed by atoms with Crippen molar-refractivity contribution in [2.75, 3.05) is 32.0 Å². The van der Waals surface area contributed by atoms with Crippen molar-refractivity contribution in [2.45, 2.75) is 44.0 Å². The van der Waals surface area contributed by atoms with E-state index in [0.29, 0.717) is 25.4 Å². The van der Waals surface area contributed by atoms with E-state index in [2.05, 4.69) is 41.9 Å². The fourth-order valence-electron chi connectivity index (χ4n) is 4.10. The number of hydrogen-bond donors (Lipinski definition) is 0. The van der Waals surface area contributed by atoms with Crippen LogP contribution >= 0.6 is 11.8 Å². The highest BCUT2D eigenvalue weighted by molar-refractivity contribution is 8.00. The largest absolute Gasteiger partial charge is 0.491 e. The number of benzene rings is 1. The monoisotopic (exact) mass is 427 g/mol. The SMILES string of the molecule is C[C@@H]1CN(Cc2ccc3c(c2)CN(C(=O)CSc2ccncc2)CCO3)C[C@H](C)O1. The average molecular weight is 428 g/mol. The van der Waals surface area contributed by atoms with E-state index in [0.717, 1.165) is 35.8 Å². The van der Waals surface area contributed by atoms with Gasteiger partial charge in [-0.25, -0.2) is 0 Å². The number of hydrogen-bond acceptors (Lipinski definition) is 6. The highest BCUT2D eigenvalue weighted by atomic mass is 32.2. The maximum atomic E-state index is 12.8. The van der Waals surface area contributed by atoms with Gasteiger partial charge in [0.2, 0.25) is 5.91 Å². The van der Waals surface area contributed by atoms with Crippen LogP contribution in [0.25, 0.3) is 0 Å². The Kier molecular flexibility index (Phi) is 6.92. The Morgan fingerprint density at radius 1 is 1.17 bits per heavy atom. The smallest absolute Gasteiger partial charge is 0.233 e. The van der Waals surface area contributed by atoms with E-state index >= 15 is 0 Å². The molecule has 2 atom stereocenters. The Balaban J connectivity index is 1.40. The van der Waals surface area contributed by atoms with Gasteiger partial charge in [-0.2, -0.15) is 0 Å². The molecule has 30 heavy (non-hydrogen) atoms. The van der Waals surface area contributed by atoms with Crippen LogP contribution in [0.5, 0.6) is 5.75 Å². The van der Waals surface area contributed by atoms with Gasteiger partial charge in [0, 0.05) is 49.0 Å². The summed E-state index contributed by atoms with van der Waals surface area (Å²) in [6.07, 6.45) is 4.01. The summed E-state index contributed by atoms with van der Waals surface area (Å²) in [5.74, 6) is 1.44. The van der Waals surface area contributed by atoms with Crippen molar-refractivity contribution in [1.29, 1.82) is 0 Å². The van der Waals surface area contributed by atoms with Crippen molar-refractivity contribution in [3.63, 3.8) is 0 Å². The molecule has 3 heterocycles. The van der Waals surface area contributed by atoms with Crippen molar-refractivity contribution in [3.8, 4) is 5.75 Å². The van der Waals surface area contributed by atoms with E-state index in [1.807, 2.05) is 17.0 Å². The molecule has 0 bridgehead atoms. The molecule has 0 radical (unpaired) electrons. The first-order valence-corrected chi connectivity index (χ1v) is 11.5. The van der Waals surface area contributed by atoms with Gasteiger partial charge in [-0.15, -0.1) is 11.8 Å². The van der Waals surface area contributed by atoms with Crippen LogP contribution < -0.4 is 4.74 Å². The van der Waals surface area contributed by atoms with Gasteiger partial charge in [-0.05, 0) is 43.7 Å². The van der Waals surface area contributed by atoms with Crippen LogP contribution in [0.2, 0.25) is 0 Å². The third kappa shape index (κ3) is 5.53. The van der Waals surface area contributed by atoms with Gasteiger partial charge in [-0.3, -0.25) is 14.7 Å². The predicted molar refractivity (Wildman–Crippen MR) is 118 cm³/mol. The third-order valence-electron chi connectivity index (χ3n) is 5.37. The summed E-state index contributed by atoms with van der Waals surface area (Å²) in [4.78, 5) is 22.2. The first-order chi connectivity index (χ1) is 14.6. The molecule has 0 spiro atoms. The van der Waals surface area contributed by atoms with Crippen LogP contribution in [0, 0.1) is 0 Å².